The lowest BCUT2D eigenvalue weighted by Crippen LogP contribution is -2.42. The summed E-state index contributed by atoms with van der Waals surface area (Å²) in [6, 6.07) is 7.78. The quantitative estimate of drug-likeness (QED) is 0.264. The van der Waals surface area contributed by atoms with E-state index in [4.69, 9.17) is 9.47 Å². The Bertz CT molecular complexity index is 583. The smallest absolute Gasteiger partial charge is 0.320 e. The number of alkyl halides is 3. The van der Waals surface area contributed by atoms with Crippen molar-refractivity contribution in [1.29, 1.82) is 0 Å². The van der Waals surface area contributed by atoms with E-state index >= 15 is 0 Å². The summed E-state index contributed by atoms with van der Waals surface area (Å²) in [5.74, 6) is -6.78. The molecule has 0 saturated carbocycles. The van der Waals surface area contributed by atoms with Crippen molar-refractivity contribution >= 4 is 33.7 Å². The number of rotatable bonds is 9. The molecular formula is C17H19BrF2O5. The van der Waals surface area contributed by atoms with Gasteiger partial charge in [-0.25, -0.2) is 0 Å². The minimum absolute atomic E-state index is 0.0953. The fraction of sp³-hybridized carbons (Fsp3) is 0.471. The highest BCUT2D eigenvalue weighted by molar-refractivity contribution is 9.10. The molecule has 0 bridgehead atoms. The first-order chi connectivity index (χ1) is 11.7. The normalized spacial score (nSPS) is 12.6. The van der Waals surface area contributed by atoms with E-state index in [1.54, 1.807) is 18.2 Å². The summed E-state index contributed by atoms with van der Waals surface area (Å²) < 4.78 is 37.6. The topological polar surface area (TPSA) is 69.7 Å². The van der Waals surface area contributed by atoms with E-state index in [0.717, 1.165) is 0 Å². The van der Waals surface area contributed by atoms with Gasteiger partial charge in [-0.15, -0.1) is 0 Å². The van der Waals surface area contributed by atoms with Crippen LogP contribution >= 0.6 is 15.9 Å². The average molecular weight is 421 g/mol. The number of Topliss-reactive ketones (excluding diaryl/α,β-unsaturated/α-hetero) is 1. The van der Waals surface area contributed by atoms with Crippen molar-refractivity contribution in [1.82, 2.24) is 0 Å². The van der Waals surface area contributed by atoms with Gasteiger partial charge in [-0.1, -0.05) is 30.3 Å². The molecule has 1 aromatic carbocycles. The number of carbonyl (C=O) groups is 3. The van der Waals surface area contributed by atoms with Crippen LogP contribution in [0.1, 0.15) is 30.6 Å². The van der Waals surface area contributed by atoms with Gasteiger partial charge in [-0.3, -0.25) is 14.4 Å². The maximum absolute atomic E-state index is 14.1. The Morgan fingerprint density at radius 2 is 1.52 bits per heavy atom. The predicted molar refractivity (Wildman–Crippen MR) is 89.5 cm³/mol. The van der Waals surface area contributed by atoms with Gasteiger partial charge < -0.3 is 9.47 Å². The number of esters is 2. The van der Waals surface area contributed by atoms with Gasteiger partial charge in [0.25, 0.3) is 0 Å². The van der Waals surface area contributed by atoms with E-state index in [1.165, 1.54) is 26.0 Å². The van der Waals surface area contributed by atoms with Crippen molar-refractivity contribution in [2.24, 2.45) is 11.8 Å². The molecule has 0 aromatic heterocycles. The first-order valence-electron chi connectivity index (χ1n) is 7.70. The van der Waals surface area contributed by atoms with Crippen LogP contribution < -0.4 is 0 Å². The van der Waals surface area contributed by atoms with Gasteiger partial charge in [0, 0.05) is 12.0 Å². The molecule has 25 heavy (non-hydrogen) atoms. The Balaban J connectivity index is 3.17. The molecular weight excluding hydrogens is 402 g/mol. The SMILES string of the molecule is CCOC(=O)C(C(=O)OCC)[C@H](CC(=O)c1ccccc1)C(F)(F)Br. The lowest BCUT2D eigenvalue weighted by Gasteiger charge is -2.27. The van der Waals surface area contributed by atoms with Gasteiger partial charge in [0.2, 0.25) is 0 Å². The second kappa shape index (κ2) is 9.60. The highest BCUT2D eigenvalue weighted by Crippen LogP contribution is 2.40. The summed E-state index contributed by atoms with van der Waals surface area (Å²) in [4.78, 5) is 32.8. The second-order valence-electron chi connectivity index (χ2n) is 5.12. The summed E-state index contributed by atoms with van der Waals surface area (Å²) >= 11 is 2.18. The van der Waals surface area contributed by atoms with Crippen LogP contribution in [-0.2, 0) is 19.1 Å². The van der Waals surface area contributed by atoms with Gasteiger partial charge in [0.1, 0.15) is 0 Å². The lowest BCUT2D eigenvalue weighted by atomic mass is 9.86. The van der Waals surface area contributed by atoms with E-state index in [9.17, 15) is 23.2 Å². The molecule has 0 saturated heterocycles. The molecule has 0 unspecified atom stereocenters. The zero-order valence-corrected chi connectivity index (χ0v) is 15.4. The fourth-order valence-electron chi connectivity index (χ4n) is 2.25. The summed E-state index contributed by atoms with van der Waals surface area (Å²) in [5, 5.41) is 0. The third kappa shape index (κ3) is 6.19. The summed E-state index contributed by atoms with van der Waals surface area (Å²) in [6.45, 7) is 2.77. The number of benzene rings is 1. The monoisotopic (exact) mass is 420 g/mol. The van der Waals surface area contributed by atoms with Gasteiger partial charge in [0.05, 0.1) is 19.1 Å². The molecule has 1 atom stereocenters. The summed E-state index contributed by atoms with van der Waals surface area (Å²) in [5.41, 5.74) is 0.204. The standard InChI is InChI=1S/C17H19BrF2O5/c1-3-24-15(22)14(16(23)25-4-2)12(17(18,19)20)10-13(21)11-8-6-5-7-9-11/h5-9,12,14H,3-4,10H2,1-2H3/t12-/m0/s1. The number of hydrogen-bond acceptors (Lipinski definition) is 5. The minimum Gasteiger partial charge on any atom is -0.465 e. The number of halogens is 3. The van der Waals surface area contributed by atoms with Crippen LogP contribution in [0.5, 0.6) is 0 Å². The predicted octanol–water partition coefficient (Wildman–Crippen LogP) is 3.61. The highest BCUT2D eigenvalue weighted by Gasteiger charge is 2.50. The molecule has 0 heterocycles. The van der Waals surface area contributed by atoms with Crippen molar-refractivity contribution in [3.8, 4) is 0 Å². The molecule has 0 aliphatic rings. The molecule has 0 aliphatic heterocycles. The maximum atomic E-state index is 14.1. The first-order valence-corrected chi connectivity index (χ1v) is 8.49. The van der Waals surface area contributed by atoms with Crippen LogP contribution in [0, 0.1) is 11.8 Å². The Morgan fingerprint density at radius 1 is 1.04 bits per heavy atom. The van der Waals surface area contributed by atoms with Gasteiger partial charge >= 0.3 is 16.8 Å². The zero-order chi connectivity index (χ0) is 19.0. The van der Waals surface area contributed by atoms with Crippen LogP contribution in [0.15, 0.2) is 30.3 Å². The molecule has 138 valence electrons. The second-order valence-corrected chi connectivity index (χ2v) is 6.18. The summed E-state index contributed by atoms with van der Waals surface area (Å²) in [6.07, 6.45) is -0.732. The average Bonchev–Trinajstić information content (AvgIpc) is 2.54. The number of ether oxygens (including phenoxy) is 2. The van der Waals surface area contributed by atoms with Crippen molar-refractivity contribution < 1.29 is 32.6 Å². The van der Waals surface area contributed by atoms with Crippen molar-refractivity contribution in [3.63, 3.8) is 0 Å². The molecule has 1 aromatic rings. The first kappa shape index (κ1) is 21.2. The fourth-order valence-corrected chi connectivity index (χ4v) is 2.68. The van der Waals surface area contributed by atoms with Crippen LogP contribution in [-0.4, -0.2) is 35.8 Å². The Morgan fingerprint density at radius 3 is 1.92 bits per heavy atom. The van der Waals surface area contributed by atoms with Crippen LogP contribution in [0.4, 0.5) is 8.78 Å². The highest BCUT2D eigenvalue weighted by atomic mass is 79.9. The third-order valence-corrected chi connectivity index (χ3v) is 3.99. The zero-order valence-electron chi connectivity index (χ0n) is 13.8. The molecule has 5 nitrogen and oxygen atoms in total. The Kier molecular flexibility index (Phi) is 8.15. The molecule has 1 rings (SSSR count). The number of ketones is 1. The molecule has 8 heteroatoms. The van der Waals surface area contributed by atoms with Crippen molar-refractivity contribution in [3.05, 3.63) is 35.9 Å². The molecule has 0 spiro atoms. The molecule has 0 fully saturated rings. The van der Waals surface area contributed by atoms with E-state index < -0.39 is 40.8 Å². The summed E-state index contributed by atoms with van der Waals surface area (Å²) in [7, 11) is 0. The van der Waals surface area contributed by atoms with Gasteiger partial charge in [-0.05, 0) is 29.8 Å². The van der Waals surface area contributed by atoms with E-state index in [0.29, 0.717) is 0 Å². The van der Waals surface area contributed by atoms with Crippen LogP contribution in [0.25, 0.3) is 0 Å². The van der Waals surface area contributed by atoms with Gasteiger partial charge in [0.15, 0.2) is 11.7 Å². The molecule has 0 N–H and O–H groups in total. The lowest BCUT2D eigenvalue weighted by molar-refractivity contribution is -0.168. The van der Waals surface area contributed by atoms with Gasteiger partial charge in [-0.2, -0.15) is 8.78 Å². The molecule has 0 aliphatic carbocycles. The third-order valence-electron chi connectivity index (χ3n) is 3.40. The minimum atomic E-state index is -3.65. The van der Waals surface area contributed by atoms with Crippen LogP contribution in [0.2, 0.25) is 0 Å². The van der Waals surface area contributed by atoms with E-state index in [2.05, 4.69) is 15.9 Å². The number of hydrogen-bond donors (Lipinski definition) is 0. The van der Waals surface area contributed by atoms with Crippen molar-refractivity contribution in [2.75, 3.05) is 13.2 Å². The Hall–Kier alpha value is -1.83. The van der Waals surface area contributed by atoms with Crippen molar-refractivity contribution in [2.45, 2.75) is 25.1 Å². The van der Waals surface area contributed by atoms with E-state index in [1.807, 2.05) is 0 Å². The molecule has 0 radical (unpaired) electrons. The molecule has 0 amide bonds. The van der Waals surface area contributed by atoms with E-state index in [-0.39, 0.29) is 18.8 Å². The maximum Gasteiger partial charge on any atom is 0.320 e. The largest absolute Gasteiger partial charge is 0.465 e. The Labute approximate surface area is 152 Å². The van der Waals surface area contributed by atoms with Crippen LogP contribution in [0.3, 0.4) is 0 Å². The number of carbonyl (C=O) groups excluding carboxylic acids is 3.